The molecular formula is C15H12F2N4O2S. The minimum atomic E-state index is -1.03. The van der Waals surface area contributed by atoms with E-state index in [-0.39, 0.29) is 10.9 Å². The second-order valence-electron chi connectivity index (χ2n) is 4.84. The highest BCUT2D eigenvalue weighted by atomic mass is 32.2. The monoisotopic (exact) mass is 350 g/mol. The van der Waals surface area contributed by atoms with Crippen molar-refractivity contribution in [1.29, 1.82) is 0 Å². The highest BCUT2D eigenvalue weighted by Crippen LogP contribution is 2.26. The molecule has 124 valence electrons. The molecule has 6 nitrogen and oxygen atoms in total. The third kappa shape index (κ3) is 3.62. The van der Waals surface area contributed by atoms with Crippen LogP contribution in [-0.2, 0) is 4.79 Å². The minimum absolute atomic E-state index is 0.170. The van der Waals surface area contributed by atoms with Crippen LogP contribution in [0.15, 0.2) is 46.2 Å². The fourth-order valence-corrected chi connectivity index (χ4v) is 2.54. The molecule has 0 aliphatic carbocycles. The fraction of sp³-hybridized carbons (Fsp3) is 0.133. The molecule has 1 atom stereocenters. The molecule has 1 unspecified atom stereocenters. The lowest BCUT2D eigenvalue weighted by atomic mass is 10.3. The number of nitrogens with zero attached hydrogens (tertiary/aromatic N) is 2. The van der Waals surface area contributed by atoms with Crippen molar-refractivity contribution < 1.29 is 18.0 Å². The van der Waals surface area contributed by atoms with Crippen LogP contribution >= 0.6 is 11.8 Å². The summed E-state index contributed by atoms with van der Waals surface area (Å²) in [6, 6.07) is 6.72. The Hall–Kier alpha value is -2.68. The van der Waals surface area contributed by atoms with E-state index in [4.69, 9.17) is 4.42 Å². The van der Waals surface area contributed by atoms with Crippen molar-refractivity contribution in [3.63, 3.8) is 0 Å². The number of benzene rings is 1. The lowest BCUT2D eigenvalue weighted by Crippen LogP contribution is -2.22. The van der Waals surface area contributed by atoms with E-state index in [2.05, 4.69) is 20.5 Å². The van der Waals surface area contributed by atoms with Crippen LogP contribution in [0.1, 0.15) is 6.92 Å². The molecular weight excluding hydrogens is 338 g/mol. The normalized spacial score (nSPS) is 12.1. The fourth-order valence-electron chi connectivity index (χ4n) is 1.85. The number of rotatable bonds is 5. The van der Waals surface area contributed by atoms with Crippen LogP contribution in [0.25, 0.3) is 11.6 Å². The van der Waals surface area contributed by atoms with Crippen molar-refractivity contribution in [2.24, 2.45) is 0 Å². The van der Waals surface area contributed by atoms with Crippen LogP contribution in [0.2, 0.25) is 0 Å². The van der Waals surface area contributed by atoms with E-state index in [0.29, 0.717) is 11.6 Å². The molecule has 0 aliphatic rings. The summed E-state index contributed by atoms with van der Waals surface area (Å²) in [5.74, 6) is -2.08. The molecule has 0 spiro atoms. The van der Waals surface area contributed by atoms with Gasteiger partial charge in [-0.1, -0.05) is 11.8 Å². The third-order valence-electron chi connectivity index (χ3n) is 3.07. The zero-order valence-corrected chi connectivity index (χ0v) is 13.2. The van der Waals surface area contributed by atoms with Gasteiger partial charge in [0.15, 0.2) is 11.6 Å². The maximum Gasteiger partial charge on any atom is 0.277 e. The summed E-state index contributed by atoms with van der Waals surface area (Å²) < 4.78 is 31.5. The van der Waals surface area contributed by atoms with Gasteiger partial charge >= 0.3 is 0 Å². The first-order valence-corrected chi connectivity index (χ1v) is 7.81. The Morgan fingerprint density at radius 3 is 2.83 bits per heavy atom. The summed E-state index contributed by atoms with van der Waals surface area (Å²) in [7, 11) is 0. The maximum absolute atomic E-state index is 13.1. The molecule has 0 saturated heterocycles. The van der Waals surface area contributed by atoms with Crippen LogP contribution in [0.4, 0.5) is 14.5 Å². The number of carbonyl (C=O) groups is 1. The van der Waals surface area contributed by atoms with Crippen molar-refractivity contribution >= 4 is 23.4 Å². The van der Waals surface area contributed by atoms with Crippen LogP contribution in [0.3, 0.4) is 0 Å². The van der Waals surface area contributed by atoms with Gasteiger partial charge in [0.2, 0.25) is 5.91 Å². The molecule has 2 heterocycles. The number of hydrogen-bond donors (Lipinski definition) is 2. The lowest BCUT2D eigenvalue weighted by molar-refractivity contribution is -0.115. The Kier molecular flexibility index (Phi) is 4.61. The molecule has 3 aromatic rings. The first kappa shape index (κ1) is 16.2. The SMILES string of the molecule is CC(Sc1nnc(-c2ccc[nH]2)o1)C(=O)Nc1ccc(F)c(F)c1. The largest absolute Gasteiger partial charge is 0.410 e. The molecule has 9 heteroatoms. The van der Waals surface area contributed by atoms with Crippen molar-refractivity contribution in [2.45, 2.75) is 17.4 Å². The third-order valence-corrected chi connectivity index (χ3v) is 4.00. The van der Waals surface area contributed by atoms with Crippen LogP contribution < -0.4 is 5.32 Å². The van der Waals surface area contributed by atoms with Gasteiger partial charge < -0.3 is 14.7 Å². The number of aromatic amines is 1. The molecule has 1 amide bonds. The Labute approximate surface area is 139 Å². The smallest absolute Gasteiger partial charge is 0.277 e. The zero-order chi connectivity index (χ0) is 17.1. The molecule has 0 bridgehead atoms. The van der Waals surface area contributed by atoms with Crippen molar-refractivity contribution in [3.05, 3.63) is 48.2 Å². The van der Waals surface area contributed by atoms with Crippen LogP contribution in [0, 0.1) is 11.6 Å². The topological polar surface area (TPSA) is 83.8 Å². The van der Waals surface area contributed by atoms with E-state index in [1.807, 2.05) is 0 Å². The molecule has 24 heavy (non-hydrogen) atoms. The molecule has 2 aromatic heterocycles. The minimum Gasteiger partial charge on any atom is -0.410 e. The molecule has 0 aliphatic heterocycles. The number of nitrogens with one attached hydrogen (secondary N) is 2. The predicted octanol–water partition coefficient (Wildman–Crippen LogP) is 3.46. The van der Waals surface area contributed by atoms with Gasteiger partial charge in [-0.15, -0.1) is 10.2 Å². The van der Waals surface area contributed by atoms with E-state index in [0.717, 1.165) is 23.9 Å². The van der Waals surface area contributed by atoms with E-state index in [9.17, 15) is 13.6 Å². The standard InChI is InChI=1S/C15H12F2N4O2S/c1-8(13(22)19-9-4-5-10(16)11(17)7-9)24-15-21-20-14(23-15)12-3-2-6-18-12/h2-8,18H,1H3,(H,19,22). The van der Waals surface area contributed by atoms with Gasteiger partial charge in [0.25, 0.3) is 11.1 Å². The highest BCUT2D eigenvalue weighted by molar-refractivity contribution is 8.00. The van der Waals surface area contributed by atoms with Gasteiger partial charge in [0, 0.05) is 18.0 Å². The molecule has 2 N–H and O–H groups in total. The number of thioether (sulfide) groups is 1. The summed E-state index contributed by atoms with van der Waals surface area (Å²) in [5, 5.41) is 9.91. The van der Waals surface area contributed by atoms with E-state index in [1.54, 1.807) is 25.3 Å². The first-order chi connectivity index (χ1) is 11.5. The van der Waals surface area contributed by atoms with Crippen molar-refractivity contribution in [2.75, 3.05) is 5.32 Å². The number of halogens is 2. The maximum atomic E-state index is 13.1. The number of amides is 1. The Morgan fingerprint density at radius 1 is 1.29 bits per heavy atom. The molecule has 0 radical (unpaired) electrons. The zero-order valence-electron chi connectivity index (χ0n) is 12.4. The first-order valence-electron chi connectivity index (χ1n) is 6.93. The summed E-state index contributed by atoms with van der Waals surface area (Å²) in [4.78, 5) is 15.0. The molecule has 0 saturated carbocycles. The van der Waals surface area contributed by atoms with Crippen molar-refractivity contribution in [3.8, 4) is 11.6 Å². The Balaban J connectivity index is 1.62. The van der Waals surface area contributed by atoms with Gasteiger partial charge in [0.05, 0.1) is 5.25 Å². The van der Waals surface area contributed by atoms with Crippen LogP contribution in [0.5, 0.6) is 0 Å². The summed E-state index contributed by atoms with van der Waals surface area (Å²) in [6.07, 6.45) is 1.73. The van der Waals surface area contributed by atoms with Gasteiger partial charge in [-0.2, -0.15) is 0 Å². The summed E-state index contributed by atoms with van der Waals surface area (Å²) in [5.41, 5.74) is 0.845. The van der Waals surface area contributed by atoms with Gasteiger partial charge in [-0.05, 0) is 31.2 Å². The summed E-state index contributed by atoms with van der Waals surface area (Å²) in [6.45, 7) is 1.64. The Bertz CT molecular complexity index is 851. The number of H-pyrrole nitrogens is 1. The molecule has 3 rings (SSSR count). The molecule has 1 aromatic carbocycles. The van der Waals surface area contributed by atoms with Crippen molar-refractivity contribution in [1.82, 2.24) is 15.2 Å². The number of aromatic nitrogens is 3. The van der Waals surface area contributed by atoms with Gasteiger partial charge in [-0.25, -0.2) is 8.78 Å². The van der Waals surface area contributed by atoms with Crippen LogP contribution in [-0.4, -0.2) is 26.3 Å². The summed E-state index contributed by atoms with van der Waals surface area (Å²) >= 11 is 1.06. The van der Waals surface area contributed by atoms with E-state index in [1.165, 1.54) is 6.07 Å². The average molecular weight is 350 g/mol. The average Bonchev–Trinajstić information content (AvgIpc) is 3.21. The van der Waals surface area contributed by atoms with Gasteiger partial charge in [-0.3, -0.25) is 4.79 Å². The predicted molar refractivity (Wildman–Crippen MR) is 84.4 cm³/mol. The quantitative estimate of drug-likeness (QED) is 0.689. The number of hydrogen-bond acceptors (Lipinski definition) is 5. The number of anilines is 1. The number of carbonyl (C=O) groups excluding carboxylic acids is 1. The lowest BCUT2D eigenvalue weighted by Gasteiger charge is -2.10. The Morgan fingerprint density at radius 2 is 2.12 bits per heavy atom. The van der Waals surface area contributed by atoms with E-state index < -0.39 is 22.8 Å². The second-order valence-corrected chi connectivity index (χ2v) is 6.13. The second kappa shape index (κ2) is 6.83. The highest BCUT2D eigenvalue weighted by Gasteiger charge is 2.19. The molecule has 0 fully saturated rings. The van der Waals surface area contributed by atoms with E-state index >= 15 is 0 Å². The van der Waals surface area contributed by atoms with Gasteiger partial charge in [0.1, 0.15) is 5.69 Å².